The second-order valence-corrected chi connectivity index (χ2v) is 3.70. The minimum Gasteiger partial charge on any atom is -0.344 e. The first-order chi connectivity index (χ1) is 5.18. The number of thiocarbonyl (C=S) groups is 1. The van der Waals surface area contributed by atoms with E-state index in [-0.39, 0.29) is 11.3 Å². The van der Waals surface area contributed by atoms with Gasteiger partial charge in [-0.1, -0.05) is 11.8 Å². The number of nitrogens with one attached hydrogen (secondary N) is 3. The van der Waals surface area contributed by atoms with Crippen LogP contribution in [0.1, 0.15) is 6.92 Å². The molecular formula is C5H9N3OS2. The second-order valence-electron chi connectivity index (χ2n) is 2.10. The van der Waals surface area contributed by atoms with E-state index < -0.39 is 0 Å². The largest absolute Gasteiger partial charge is 0.344 e. The average Bonchev–Trinajstić information content (AvgIpc) is 2.31. The van der Waals surface area contributed by atoms with E-state index in [9.17, 15) is 4.79 Å². The van der Waals surface area contributed by atoms with Crippen LogP contribution in [0.3, 0.4) is 0 Å². The number of hydrazine groups is 1. The van der Waals surface area contributed by atoms with Gasteiger partial charge in [0.05, 0.1) is 0 Å². The molecule has 6 heteroatoms. The Bertz CT molecular complexity index is 185. The normalized spacial score (nSPS) is 22.6. The van der Waals surface area contributed by atoms with Crippen LogP contribution in [-0.4, -0.2) is 22.1 Å². The van der Waals surface area contributed by atoms with E-state index in [1.807, 2.05) is 0 Å². The van der Waals surface area contributed by atoms with E-state index in [0.717, 1.165) is 0 Å². The highest BCUT2D eigenvalue weighted by atomic mass is 32.2. The molecule has 0 radical (unpaired) electrons. The lowest BCUT2D eigenvalue weighted by Crippen LogP contribution is -2.36. The van der Waals surface area contributed by atoms with Gasteiger partial charge in [-0.15, -0.1) is 0 Å². The molecule has 0 saturated carbocycles. The van der Waals surface area contributed by atoms with Gasteiger partial charge >= 0.3 is 0 Å². The molecule has 1 atom stereocenters. The van der Waals surface area contributed by atoms with Crippen molar-refractivity contribution >= 4 is 34.2 Å². The zero-order valence-corrected chi connectivity index (χ0v) is 7.64. The number of carbonyl (C=O) groups excluding carboxylic acids is 1. The Balaban J connectivity index is 2.18. The topological polar surface area (TPSA) is 53.2 Å². The molecule has 3 N–H and O–H groups in total. The van der Waals surface area contributed by atoms with Crippen molar-refractivity contribution in [1.82, 2.24) is 16.2 Å². The van der Waals surface area contributed by atoms with Gasteiger partial charge in [-0.3, -0.25) is 10.2 Å². The summed E-state index contributed by atoms with van der Waals surface area (Å²) in [7, 11) is 0. The van der Waals surface area contributed by atoms with Gasteiger partial charge in [-0.05, 0) is 12.2 Å². The summed E-state index contributed by atoms with van der Waals surface area (Å²) in [5, 5.41) is 3.64. The Morgan fingerprint density at radius 3 is 3.00 bits per heavy atom. The number of hydrogen-bond donors (Lipinski definition) is 3. The fraction of sp³-hybridized carbons (Fsp3) is 0.600. The van der Waals surface area contributed by atoms with E-state index in [0.29, 0.717) is 10.9 Å². The fourth-order valence-corrected chi connectivity index (χ4v) is 1.44. The lowest BCUT2D eigenvalue weighted by molar-refractivity contribution is -0.109. The summed E-state index contributed by atoms with van der Waals surface area (Å²) in [6.07, 6.45) is 0.0661. The summed E-state index contributed by atoms with van der Waals surface area (Å²) in [6.45, 7) is 1.55. The molecule has 0 bridgehead atoms. The van der Waals surface area contributed by atoms with Gasteiger partial charge in [0, 0.05) is 12.7 Å². The van der Waals surface area contributed by atoms with Crippen LogP contribution in [0.25, 0.3) is 0 Å². The van der Waals surface area contributed by atoms with Crippen LogP contribution in [-0.2, 0) is 4.79 Å². The monoisotopic (exact) mass is 191 g/mol. The molecule has 0 aliphatic carbocycles. The van der Waals surface area contributed by atoms with E-state index in [1.165, 1.54) is 11.8 Å². The smallest absolute Gasteiger partial charge is 0.185 e. The van der Waals surface area contributed by atoms with E-state index in [1.54, 1.807) is 6.92 Å². The Labute approximate surface area is 74.5 Å². The third kappa shape index (κ3) is 3.04. The minimum atomic E-state index is 0.0661. The first kappa shape index (κ1) is 8.76. The molecule has 1 fully saturated rings. The average molecular weight is 191 g/mol. The van der Waals surface area contributed by atoms with Crippen LogP contribution in [0, 0.1) is 0 Å². The van der Waals surface area contributed by atoms with Crippen molar-refractivity contribution in [3.05, 3.63) is 0 Å². The summed E-state index contributed by atoms with van der Waals surface area (Å²) in [6, 6.07) is 0. The van der Waals surface area contributed by atoms with Crippen molar-refractivity contribution < 1.29 is 4.79 Å². The number of hydrogen-bond acceptors (Lipinski definition) is 4. The molecule has 4 nitrogen and oxygen atoms in total. The Hall–Kier alpha value is -0.330. The highest BCUT2D eigenvalue weighted by Crippen LogP contribution is 2.03. The minimum absolute atomic E-state index is 0.0661. The van der Waals surface area contributed by atoms with Gasteiger partial charge < -0.3 is 5.32 Å². The van der Waals surface area contributed by atoms with Gasteiger partial charge in [-0.2, -0.15) is 0 Å². The Morgan fingerprint density at radius 2 is 2.55 bits per heavy atom. The molecule has 0 amide bonds. The molecule has 1 unspecified atom stereocenters. The quantitative estimate of drug-likeness (QED) is 0.515. The maximum absolute atomic E-state index is 10.5. The predicted octanol–water partition coefficient (Wildman–Crippen LogP) is -0.426. The first-order valence-corrected chi connectivity index (χ1v) is 4.53. The molecule has 0 aromatic carbocycles. The van der Waals surface area contributed by atoms with Crippen molar-refractivity contribution in [2.45, 2.75) is 13.1 Å². The van der Waals surface area contributed by atoms with Crippen molar-refractivity contribution in [3.8, 4) is 0 Å². The molecule has 0 aromatic rings. The zero-order valence-electron chi connectivity index (χ0n) is 6.01. The van der Waals surface area contributed by atoms with Crippen LogP contribution >= 0.6 is 24.0 Å². The lowest BCUT2D eigenvalue weighted by atomic mass is 10.6. The highest BCUT2D eigenvalue weighted by Gasteiger charge is 2.16. The zero-order chi connectivity index (χ0) is 8.27. The molecule has 1 heterocycles. The van der Waals surface area contributed by atoms with Gasteiger partial charge in [0.15, 0.2) is 10.2 Å². The third-order valence-electron chi connectivity index (χ3n) is 1.12. The first-order valence-electron chi connectivity index (χ1n) is 3.14. The van der Waals surface area contributed by atoms with Crippen LogP contribution < -0.4 is 16.2 Å². The number of rotatable bonds is 2. The van der Waals surface area contributed by atoms with Crippen LogP contribution in [0.4, 0.5) is 0 Å². The van der Waals surface area contributed by atoms with E-state index in [4.69, 9.17) is 12.2 Å². The van der Waals surface area contributed by atoms with Crippen LogP contribution in [0.15, 0.2) is 0 Å². The maximum atomic E-state index is 10.5. The molecule has 0 spiro atoms. The van der Waals surface area contributed by atoms with Crippen LogP contribution in [0.2, 0.25) is 0 Å². The summed E-state index contributed by atoms with van der Waals surface area (Å²) < 4.78 is 0. The maximum Gasteiger partial charge on any atom is 0.185 e. The molecule has 1 rings (SSSR count). The summed E-state index contributed by atoms with van der Waals surface area (Å²) in [4.78, 5) is 10.5. The van der Waals surface area contributed by atoms with Gasteiger partial charge in [0.25, 0.3) is 0 Å². The molecule has 0 aromatic heterocycles. The number of carbonyl (C=O) groups is 1. The van der Waals surface area contributed by atoms with E-state index >= 15 is 0 Å². The molecule has 1 saturated heterocycles. The lowest BCUT2D eigenvalue weighted by Gasteiger charge is -2.05. The second kappa shape index (κ2) is 3.89. The van der Waals surface area contributed by atoms with E-state index in [2.05, 4.69) is 16.2 Å². The van der Waals surface area contributed by atoms with Gasteiger partial charge in [-0.25, -0.2) is 5.43 Å². The van der Waals surface area contributed by atoms with Crippen molar-refractivity contribution in [3.63, 3.8) is 0 Å². The van der Waals surface area contributed by atoms with Crippen molar-refractivity contribution in [2.75, 3.05) is 5.75 Å². The number of thioether (sulfide) groups is 1. The van der Waals surface area contributed by atoms with Gasteiger partial charge in [0.2, 0.25) is 0 Å². The van der Waals surface area contributed by atoms with Crippen molar-refractivity contribution in [1.29, 1.82) is 0 Å². The molecular weight excluding hydrogens is 182 g/mol. The molecule has 62 valence electrons. The SMILES string of the molecule is CC(=O)SCC1NNC(=S)N1. The third-order valence-corrected chi connectivity index (χ3v) is 2.24. The molecule has 1 aliphatic heterocycles. The molecule has 11 heavy (non-hydrogen) atoms. The highest BCUT2D eigenvalue weighted by molar-refractivity contribution is 8.13. The Kier molecular flexibility index (Phi) is 3.10. The van der Waals surface area contributed by atoms with Gasteiger partial charge in [0.1, 0.15) is 6.17 Å². The standard InChI is InChI=1S/C5H9N3OS2/c1-3(9)11-2-4-6-5(10)8-7-4/h4,7H,2H2,1H3,(H2,6,8,10). The van der Waals surface area contributed by atoms with Crippen LogP contribution in [0.5, 0.6) is 0 Å². The van der Waals surface area contributed by atoms with Crippen molar-refractivity contribution in [2.24, 2.45) is 0 Å². The summed E-state index contributed by atoms with van der Waals surface area (Å²) in [5.41, 5.74) is 5.63. The fourth-order valence-electron chi connectivity index (χ4n) is 0.667. The summed E-state index contributed by atoms with van der Waals surface area (Å²) in [5.74, 6) is 0.683. The predicted molar refractivity (Wildman–Crippen MR) is 48.9 cm³/mol. The summed E-state index contributed by atoms with van der Waals surface area (Å²) >= 11 is 6.06. The molecule has 1 aliphatic rings. The Morgan fingerprint density at radius 1 is 1.82 bits per heavy atom.